The lowest BCUT2D eigenvalue weighted by Gasteiger charge is -2.26. The summed E-state index contributed by atoms with van der Waals surface area (Å²) >= 11 is 0. The normalized spacial score (nSPS) is 24.7. The molecule has 1 saturated heterocycles. The third-order valence-corrected chi connectivity index (χ3v) is 5.48. The molecule has 2 aliphatic heterocycles. The van der Waals surface area contributed by atoms with Crippen molar-refractivity contribution in [2.75, 3.05) is 18.9 Å². The van der Waals surface area contributed by atoms with Gasteiger partial charge in [0, 0.05) is 12.3 Å². The second-order valence-electron chi connectivity index (χ2n) is 5.09. The average molecular weight is 296 g/mol. The van der Waals surface area contributed by atoms with Gasteiger partial charge in [-0.2, -0.15) is 0 Å². The molecular formula is C13H16N2O4S. The Labute approximate surface area is 117 Å². The molecule has 0 saturated carbocycles. The molecule has 0 radical (unpaired) electrons. The van der Waals surface area contributed by atoms with E-state index in [9.17, 15) is 13.2 Å². The van der Waals surface area contributed by atoms with E-state index < -0.39 is 15.9 Å². The summed E-state index contributed by atoms with van der Waals surface area (Å²) in [6.07, 6.45) is 2.53. The molecule has 1 amide bonds. The zero-order chi connectivity index (χ0) is 14.3. The van der Waals surface area contributed by atoms with Crippen LogP contribution in [0.15, 0.2) is 23.1 Å². The van der Waals surface area contributed by atoms with E-state index in [-0.39, 0.29) is 23.1 Å². The van der Waals surface area contributed by atoms with Gasteiger partial charge < -0.3 is 10.5 Å². The van der Waals surface area contributed by atoms with Gasteiger partial charge in [0.15, 0.2) is 0 Å². The molecule has 0 bridgehead atoms. The number of sulfonamides is 1. The van der Waals surface area contributed by atoms with Crippen LogP contribution in [-0.2, 0) is 14.8 Å². The summed E-state index contributed by atoms with van der Waals surface area (Å²) in [6, 6.07) is 4.29. The van der Waals surface area contributed by atoms with Crippen LogP contribution in [0, 0.1) is 0 Å². The van der Waals surface area contributed by atoms with Gasteiger partial charge in [-0.3, -0.25) is 4.79 Å². The summed E-state index contributed by atoms with van der Waals surface area (Å²) in [5.41, 5.74) is 6.15. The van der Waals surface area contributed by atoms with E-state index in [1.807, 2.05) is 0 Å². The van der Waals surface area contributed by atoms with Gasteiger partial charge in [-0.05, 0) is 37.5 Å². The molecule has 0 spiro atoms. The second kappa shape index (κ2) is 4.75. The van der Waals surface area contributed by atoms with Gasteiger partial charge in [-0.15, -0.1) is 0 Å². The maximum atomic E-state index is 12.4. The van der Waals surface area contributed by atoms with Crippen LogP contribution in [-0.4, -0.2) is 37.9 Å². The smallest absolute Gasteiger partial charge is 0.269 e. The number of anilines is 1. The molecule has 7 heteroatoms. The van der Waals surface area contributed by atoms with Gasteiger partial charge >= 0.3 is 0 Å². The Bertz CT molecular complexity index is 650. The summed E-state index contributed by atoms with van der Waals surface area (Å²) in [5.74, 6) is -0.513. The lowest BCUT2D eigenvalue weighted by Crippen LogP contribution is -2.39. The van der Waals surface area contributed by atoms with Crippen molar-refractivity contribution in [1.82, 2.24) is 4.31 Å². The van der Waals surface area contributed by atoms with E-state index in [1.165, 1.54) is 18.2 Å². The first-order valence-electron chi connectivity index (χ1n) is 6.58. The molecule has 1 aromatic carbocycles. The van der Waals surface area contributed by atoms with E-state index in [2.05, 4.69) is 0 Å². The van der Waals surface area contributed by atoms with Gasteiger partial charge in [0.2, 0.25) is 0 Å². The Balaban J connectivity index is 1.92. The van der Waals surface area contributed by atoms with Crippen molar-refractivity contribution < 1.29 is 17.9 Å². The standard InChI is InChI=1S/C13H16N2O4S/c14-9-4-5-12-11(7-9)13(16)15(20(12,17)18)8-10-3-1-2-6-19-10/h4-5,7,10H,1-3,6,8,14H2. The van der Waals surface area contributed by atoms with E-state index in [0.29, 0.717) is 12.3 Å². The van der Waals surface area contributed by atoms with Crippen LogP contribution in [0.5, 0.6) is 0 Å². The number of carbonyl (C=O) groups excluding carboxylic acids is 1. The molecule has 1 unspecified atom stereocenters. The largest absolute Gasteiger partial charge is 0.399 e. The Hall–Kier alpha value is -1.60. The van der Waals surface area contributed by atoms with E-state index in [0.717, 1.165) is 23.6 Å². The van der Waals surface area contributed by atoms with Crippen molar-refractivity contribution in [1.29, 1.82) is 0 Å². The molecule has 2 heterocycles. The third kappa shape index (κ3) is 2.06. The molecular weight excluding hydrogens is 280 g/mol. The molecule has 108 valence electrons. The van der Waals surface area contributed by atoms with Gasteiger partial charge in [-0.1, -0.05) is 0 Å². The average Bonchev–Trinajstić information content (AvgIpc) is 2.61. The predicted molar refractivity (Wildman–Crippen MR) is 72.7 cm³/mol. The number of amides is 1. The number of carbonyl (C=O) groups is 1. The minimum Gasteiger partial charge on any atom is -0.399 e. The molecule has 1 aromatic rings. The second-order valence-corrected chi connectivity index (χ2v) is 6.92. The summed E-state index contributed by atoms with van der Waals surface area (Å²) in [6.45, 7) is 0.697. The van der Waals surface area contributed by atoms with Crippen LogP contribution in [0.1, 0.15) is 29.6 Å². The highest BCUT2D eigenvalue weighted by Crippen LogP contribution is 2.32. The molecule has 2 N–H and O–H groups in total. The number of nitrogens with zero attached hydrogens (tertiary/aromatic N) is 1. The molecule has 0 aliphatic carbocycles. The van der Waals surface area contributed by atoms with E-state index in [1.54, 1.807) is 0 Å². The van der Waals surface area contributed by atoms with Crippen molar-refractivity contribution >= 4 is 21.6 Å². The van der Waals surface area contributed by atoms with Crippen LogP contribution in [0.4, 0.5) is 5.69 Å². The number of rotatable bonds is 2. The minimum absolute atomic E-state index is 0.0347. The van der Waals surface area contributed by atoms with Gasteiger partial charge in [0.1, 0.15) is 4.90 Å². The number of nitrogens with two attached hydrogens (primary N) is 1. The SMILES string of the molecule is Nc1ccc2c(c1)C(=O)N(CC1CCCCO1)S2(=O)=O. The molecule has 20 heavy (non-hydrogen) atoms. The van der Waals surface area contributed by atoms with Crippen molar-refractivity contribution in [3.8, 4) is 0 Å². The number of hydrogen-bond acceptors (Lipinski definition) is 5. The Kier molecular flexibility index (Phi) is 3.18. The van der Waals surface area contributed by atoms with E-state index >= 15 is 0 Å². The zero-order valence-electron chi connectivity index (χ0n) is 10.9. The fourth-order valence-electron chi connectivity index (χ4n) is 2.62. The van der Waals surface area contributed by atoms with Crippen molar-refractivity contribution in [3.05, 3.63) is 23.8 Å². The molecule has 0 aromatic heterocycles. The molecule has 1 fully saturated rings. The summed E-state index contributed by atoms with van der Waals surface area (Å²) in [4.78, 5) is 12.3. The van der Waals surface area contributed by atoms with Crippen LogP contribution < -0.4 is 5.73 Å². The van der Waals surface area contributed by atoms with Gasteiger partial charge in [0.25, 0.3) is 15.9 Å². The van der Waals surface area contributed by atoms with E-state index in [4.69, 9.17) is 10.5 Å². The van der Waals surface area contributed by atoms with Crippen LogP contribution in [0.3, 0.4) is 0 Å². The minimum atomic E-state index is -3.76. The Morgan fingerprint density at radius 2 is 2.15 bits per heavy atom. The third-order valence-electron chi connectivity index (χ3n) is 3.67. The van der Waals surface area contributed by atoms with Crippen LogP contribution in [0.25, 0.3) is 0 Å². The van der Waals surface area contributed by atoms with Gasteiger partial charge in [0.05, 0.1) is 18.2 Å². The number of fused-ring (bicyclic) bond motifs is 1. The molecule has 1 atom stereocenters. The summed E-state index contributed by atoms with van der Waals surface area (Å²) < 4.78 is 31.2. The summed E-state index contributed by atoms with van der Waals surface area (Å²) in [5, 5.41) is 0. The molecule has 2 aliphatic rings. The first-order valence-corrected chi connectivity index (χ1v) is 8.02. The van der Waals surface area contributed by atoms with Crippen LogP contribution in [0.2, 0.25) is 0 Å². The van der Waals surface area contributed by atoms with Crippen molar-refractivity contribution in [2.45, 2.75) is 30.3 Å². The molecule has 6 nitrogen and oxygen atoms in total. The summed E-state index contributed by atoms with van der Waals surface area (Å²) in [7, 11) is -3.76. The first kappa shape index (κ1) is 13.4. The highest BCUT2D eigenvalue weighted by molar-refractivity contribution is 7.90. The van der Waals surface area contributed by atoms with Crippen molar-refractivity contribution in [2.24, 2.45) is 0 Å². The first-order chi connectivity index (χ1) is 9.50. The Morgan fingerprint density at radius 1 is 1.35 bits per heavy atom. The maximum Gasteiger partial charge on any atom is 0.269 e. The lowest BCUT2D eigenvalue weighted by atomic mass is 10.1. The zero-order valence-corrected chi connectivity index (χ0v) is 11.7. The monoisotopic (exact) mass is 296 g/mol. The maximum absolute atomic E-state index is 12.4. The number of benzene rings is 1. The van der Waals surface area contributed by atoms with Crippen LogP contribution >= 0.6 is 0 Å². The lowest BCUT2D eigenvalue weighted by molar-refractivity contribution is 0.00708. The predicted octanol–water partition coefficient (Wildman–Crippen LogP) is 0.982. The number of ether oxygens (including phenoxy) is 1. The Morgan fingerprint density at radius 3 is 2.85 bits per heavy atom. The quantitative estimate of drug-likeness (QED) is 0.822. The highest BCUT2D eigenvalue weighted by Gasteiger charge is 2.42. The van der Waals surface area contributed by atoms with Gasteiger partial charge in [-0.25, -0.2) is 12.7 Å². The fourth-order valence-corrected chi connectivity index (χ4v) is 4.20. The topological polar surface area (TPSA) is 89.7 Å². The fraction of sp³-hybridized carbons (Fsp3) is 0.462. The van der Waals surface area contributed by atoms with Crippen molar-refractivity contribution in [3.63, 3.8) is 0 Å². The molecule has 3 rings (SSSR count). The highest BCUT2D eigenvalue weighted by atomic mass is 32.2. The number of hydrogen-bond donors (Lipinski definition) is 1. The number of nitrogen functional groups attached to an aromatic ring is 1.